The molecule has 1 amide bonds. The molecule has 0 aliphatic carbocycles. The molecule has 0 bridgehead atoms. The summed E-state index contributed by atoms with van der Waals surface area (Å²) in [6, 6.07) is 7.50. The number of aromatic nitrogens is 3. The third-order valence-corrected chi connectivity index (χ3v) is 4.79. The third-order valence-electron chi connectivity index (χ3n) is 4.79. The van der Waals surface area contributed by atoms with Gasteiger partial charge in [-0.2, -0.15) is 5.10 Å². The Morgan fingerprint density at radius 2 is 2.04 bits per heavy atom. The fraction of sp³-hybridized carbons (Fsp3) is 0.316. The van der Waals surface area contributed by atoms with E-state index in [1.807, 2.05) is 32.0 Å². The molecule has 1 aromatic carbocycles. The molecule has 0 saturated carbocycles. The molecular weight excluding hydrogens is 332 g/mol. The zero-order valence-corrected chi connectivity index (χ0v) is 14.9. The standard InChI is InChI=1S/C19H20N4O3/c1-10(2)23-18-15(9-20-23)13(8-17(24)22-18)14-6-11-4-5-12(26-3)7-16(11)21-19(14)25/h4-7,9-10,13H,8H2,1-3H3,(H,21,25)(H,22,24)/t13-/m1/s1. The number of H-pyrrole nitrogens is 1. The minimum Gasteiger partial charge on any atom is -0.497 e. The van der Waals surface area contributed by atoms with E-state index >= 15 is 0 Å². The summed E-state index contributed by atoms with van der Waals surface area (Å²) in [5, 5.41) is 8.18. The van der Waals surface area contributed by atoms with Gasteiger partial charge in [-0.25, -0.2) is 4.68 Å². The molecule has 0 unspecified atom stereocenters. The van der Waals surface area contributed by atoms with Gasteiger partial charge in [-0.15, -0.1) is 0 Å². The highest BCUT2D eigenvalue weighted by Crippen LogP contribution is 2.37. The molecule has 0 saturated heterocycles. The van der Waals surface area contributed by atoms with Crippen LogP contribution in [0.5, 0.6) is 5.75 Å². The Kier molecular flexibility index (Phi) is 3.79. The van der Waals surface area contributed by atoms with Crippen molar-refractivity contribution in [3.63, 3.8) is 0 Å². The van der Waals surface area contributed by atoms with Gasteiger partial charge in [-0.1, -0.05) is 0 Å². The zero-order valence-electron chi connectivity index (χ0n) is 14.9. The molecule has 1 aliphatic rings. The van der Waals surface area contributed by atoms with Crippen molar-refractivity contribution in [1.29, 1.82) is 0 Å². The first-order valence-corrected chi connectivity index (χ1v) is 8.56. The van der Waals surface area contributed by atoms with E-state index in [1.165, 1.54) is 0 Å². The molecule has 2 N–H and O–H groups in total. The average Bonchev–Trinajstić information content (AvgIpc) is 3.04. The van der Waals surface area contributed by atoms with Gasteiger partial charge in [-0.05, 0) is 37.4 Å². The molecule has 0 fully saturated rings. The first-order valence-electron chi connectivity index (χ1n) is 8.56. The fourth-order valence-electron chi connectivity index (χ4n) is 3.49. The molecular formula is C19H20N4O3. The van der Waals surface area contributed by atoms with E-state index in [4.69, 9.17) is 4.74 Å². The van der Waals surface area contributed by atoms with Gasteiger partial charge in [0.2, 0.25) is 5.91 Å². The number of hydrogen-bond acceptors (Lipinski definition) is 4. The van der Waals surface area contributed by atoms with E-state index in [0.29, 0.717) is 22.6 Å². The number of aromatic amines is 1. The number of carbonyl (C=O) groups excluding carboxylic acids is 1. The lowest BCUT2D eigenvalue weighted by molar-refractivity contribution is -0.116. The van der Waals surface area contributed by atoms with Gasteiger partial charge in [0, 0.05) is 35.6 Å². The van der Waals surface area contributed by atoms with E-state index in [9.17, 15) is 9.59 Å². The Labute approximate surface area is 150 Å². The first kappa shape index (κ1) is 16.4. The summed E-state index contributed by atoms with van der Waals surface area (Å²) >= 11 is 0. The van der Waals surface area contributed by atoms with Gasteiger partial charge in [0.1, 0.15) is 11.6 Å². The van der Waals surface area contributed by atoms with Crippen LogP contribution in [0, 0.1) is 0 Å². The Morgan fingerprint density at radius 3 is 2.77 bits per heavy atom. The molecule has 0 radical (unpaired) electrons. The maximum Gasteiger partial charge on any atom is 0.252 e. The van der Waals surface area contributed by atoms with E-state index in [2.05, 4.69) is 15.4 Å². The van der Waals surface area contributed by atoms with Crippen LogP contribution in [0.25, 0.3) is 10.9 Å². The second kappa shape index (κ2) is 6.01. The Bertz CT molecular complexity index is 1060. The lowest BCUT2D eigenvalue weighted by Gasteiger charge is -2.24. The normalized spacial score (nSPS) is 16.6. The van der Waals surface area contributed by atoms with Crippen LogP contribution in [-0.4, -0.2) is 27.8 Å². The van der Waals surface area contributed by atoms with Gasteiger partial charge in [-0.3, -0.25) is 9.59 Å². The summed E-state index contributed by atoms with van der Waals surface area (Å²) in [6.07, 6.45) is 1.97. The SMILES string of the molecule is COc1ccc2cc([C@H]3CC(=O)Nc4c3cnn4C(C)C)c(=O)[nH]c2c1. The summed E-state index contributed by atoms with van der Waals surface area (Å²) in [5.41, 5.74) is 1.95. The summed E-state index contributed by atoms with van der Waals surface area (Å²) in [7, 11) is 1.59. The monoisotopic (exact) mass is 352 g/mol. The maximum absolute atomic E-state index is 12.7. The van der Waals surface area contributed by atoms with Gasteiger partial charge in [0.15, 0.2) is 0 Å². The molecule has 1 atom stereocenters. The second-order valence-electron chi connectivity index (χ2n) is 6.80. The quantitative estimate of drug-likeness (QED) is 0.758. The minimum atomic E-state index is -0.318. The predicted octanol–water partition coefficient (Wildman–Crippen LogP) is 2.79. The number of nitrogens with zero attached hydrogens (tertiary/aromatic N) is 2. The number of nitrogens with one attached hydrogen (secondary N) is 2. The second-order valence-corrected chi connectivity index (χ2v) is 6.80. The van der Waals surface area contributed by atoms with Crippen molar-refractivity contribution in [2.24, 2.45) is 0 Å². The van der Waals surface area contributed by atoms with Gasteiger partial charge in [0.05, 0.1) is 18.8 Å². The average molecular weight is 352 g/mol. The summed E-state index contributed by atoms with van der Waals surface area (Å²) in [6.45, 7) is 4.00. The van der Waals surface area contributed by atoms with Gasteiger partial charge >= 0.3 is 0 Å². The van der Waals surface area contributed by atoms with Crippen molar-refractivity contribution in [2.45, 2.75) is 32.2 Å². The highest BCUT2D eigenvalue weighted by Gasteiger charge is 2.32. The Hall–Kier alpha value is -3.09. The van der Waals surface area contributed by atoms with E-state index in [-0.39, 0.29) is 29.8 Å². The molecule has 0 spiro atoms. The van der Waals surface area contributed by atoms with Crippen molar-refractivity contribution >= 4 is 22.6 Å². The number of carbonyl (C=O) groups is 1. The van der Waals surface area contributed by atoms with E-state index in [0.717, 1.165) is 10.9 Å². The molecule has 134 valence electrons. The number of ether oxygens (including phenoxy) is 1. The van der Waals surface area contributed by atoms with Gasteiger partial charge < -0.3 is 15.0 Å². The topological polar surface area (TPSA) is 89.0 Å². The number of pyridine rings is 1. The van der Waals surface area contributed by atoms with Crippen LogP contribution in [0.15, 0.2) is 35.3 Å². The number of fused-ring (bicyclic) bond motifs is 2. The molecule has 7 nitrogen and oxygen atoms in total. The largest absolute Gasteiger partial charge is 0.497 e. The van der Waals surface area contributed by atoms with E-state index in [1.54, 1.807) is 24.1 Å². The van der Waals surface area contributed by atoms with Crippen LogP contribution in [-0.2, 0) is 4.79 Å². The molecule has 26 heavy (non-hydrogen) atoms. The Morgan fingerprint density at radius 1 is 1.23 bits per heavy atom. The Balaban J connectivity index is 1.87. The highest BCUT2D eigenvalue weighted by molar-refractivity contribution is 5.94. The van der Waals surface area contributed by atoms with Crippen LogP contribution >= 0.6 is 0 Å². The molecule has 1 aliphatic heterocycles. The summed E-state index contributed by atoms with van der Waals surface area (Å²) in [5.74, 6) is 0.926. The molecule has 2 aromatic heterocycles. The number of rotatable bonds is 3. The summed E-state index contributed by atoms with van der Waals surface area (Å²) < 4.78 is 6.99. The van der Waals surface area contributed by atoms with Crippen LogP contribution < -0.4 is 15.6 Å². The predicted molar refractivity (Wildman–Crippen MR) is 98.8 cm³/mol. The van der Waals surface area contributed by atoms with Crippen molar-refractivity contribution in [3.8, 4) is 5.75 Å². The van der Waals surface area contributed by atoms with Crippen molar-refractivity contribution in [3.05, 3.63) is 51.9 Å². The lowest BCUT2D eigenvalue weighted by Crippen LogP contribution is -2.28. The van der Waals surface area contributed by atoms with E-state index < -0.39 is 0 Å². The van der Waals surface area contributed by atoms with Crippen molar-refractivity contribution in [2.75, 3.05) is 12.4 Å². The molecule has 4 rings (SSSR count). The van der Waals surface area contributed by atoms with Crippen LogP contribution in [0.3, 0.4) is 0 Å². The minimum absolute atomic E-state index is 0.111. The smallest absolute Gasteiger partial charge is 0.252 e. The number of hydrogen-bond donors (Lipinski definition) is 2. The highest BCUT2D eigenvalue weighted by atomic mass is 16.5. The molecule has 3 heterocycles. The van der Waals surface area contributed by atoms with Crippen LogP contribution in [0.2, 0.25) is 0 Å². The van der Waals surface area contributed by atoms with Crippen LogP contribution in [0.1, 0.15) is 43.4 Å². The third kappa shape index (κ3) is 2.56. The number of methoxy groups -OCH3 is 1. The number of anilines is 1. The summed E-state index contributed by atoms with van der Waals surface area (Å²) in [4.78, 5) is 27.9. The number of amides is 1. The molecule has 3 aromatic rings. The fourth-order valence-corrected chi connectivity index (χ4v) is 3.49. The number of benzene rings is 1. The molecule has 7 heteroatoms. The van der Waals surface area contributed by atoms with Crippen molar-refractivity contribution in [1.82, 2.24) is 14.8 Å². The maximum atomic E-state index is 12.7. The zero-order chi connectivity index (χ0) is 18.4. The lowest BCUT2D eigenvalue weighted by atomic mass is 9.87. The first-order chi connectivity index (χ1) is 12.5. The van der Waals surface area contributed by atoms with Crippen molar-refractivity contribution < 1.29 is 9.53 Å². The van der Waals surface area contributed by atoms with Crippen LogP contribution in [0.4, 0.5) is 5.82 Å². The van der Waals surface area contributed by atoms with Gasteiger partial charge in [0.25, 0.3) is 5.56 Å².